The van der Waals surface area contributed by atoms with Crippen LogP contribution in [0, 0.1) is 6.92 Å². The van der Waals surface area contributed by atoms with Crippen LogP contribution in [0.3, 0.4) is 0 Å². The predicted octanol–water partition coefficient (Wildman–Crippen LogP) is 6.58. The van der Waals surface area contributed by atoms with E-state index in [2.05, 4.69) is 20.4 Å². The summed E-state index contributed by atoms with van der Waals surface area (Å²) in [6.45, 7) is 1.79. The van der Waals surface area contributed by atoms with Crippen LogP contribution in [0.2, 0.25) is 0 Å². The van der Waals surface area contributed by atoms with Gasteiger partial charge in [0.25, 0.3) is 11.8 Å². The monoisotopic (exact) mass is 604 g/mol. The maximum Gasteiger partial charge on any atom is 0.433 e. The molecule has 3 N–H and O–H groups in total. The standard InChI is InChI=1S/C27H18F6N6O2S/c1-11-2-4-12(5-3-11)14-8-17(26(28,29)30)37-25-19(14)20(21(42-25)22(34)40)38-24(41)15-10-35-39-18(27(31,32)33)9-16(13-6-7-13)36-23(15)39/h2-5,8-10,13H,6-7H2,1H3,(H2,34,40)(H,38,41). The Morgan fingerprint density at radius 1 is 1.02 bits per heavy atom. The second-order valence-corrected chi connectivity index (χ2v) is 10.9. The van der Waals surface area contributed by atoms with Gasteiger partial charge in [0.15, 0.2) is 5.65 Å². The maximum absolute atomic E-state index is 13.8. The van der Waals surface area contributed by atoms with Crippen molar-refractivity contribution >= 4 is 44.7 Å². The number of nitrogens with zero attached hydrogens (tertiary/aromatic N) is 4. The number of fused-ring (bicyclic) bond motifs is 2. The number of amides is 2. The molecule has 216 valence electrons. The van der Waals surface area contributed by atoms with Crippen molar-refractivity contribution in [2.24, 2.45) is 5.73 Å². The summed E-state index contributed by atoms with van der Waals surface area (Å²) in [5.41, 5.74) is 3.63. The molecule has 4 aromatic heterocycles. The minimum absolute atomic E-state index is 0.0121. The average molecular weight is 605 g/mol. The SMILES string of the molecule is Cc1ccc(-c2cc(C(F)(F)F)nc3sc(C(N)=O)c(NC(=O)c4cnn5c(C(F)(F)F)cc(C6CC6)nc45)c23)cc1. The molecule has 15 heteroatoms. The molecule has 0 unspecified atom stereocenters. The molecule has 1 fully saturated rings. The van der Waals surface area contributed by atoms with Crippen LogP contribution >= 0.6 is 11.3 Å². The number of carbonyl (C=O) groups excluding carboxylic acids is 2. The number of aryl methyl sites for hydroxylation is 1. The van der Waals surface area contributed by atoms with Gasteiger partial charge in [0.05, 0.1) is 11.9 Å². The molecule has 1 aromatic carbocycles. The van der Waals surface area contributed by atoms with Gasteiger partial charge in [-0.2, -0.15) is 31.4 Å². The first-order chi connectivity index (χ1) is 19.7. The maximum atomic E-state index is 13.8. The number of halogens is 6. The lowest BCUT2D eigenvalue weighted by molar-refractivity contribution is -0.143. The molecule has 1 saturated carbocycles. The van der Waals surface area contributed by atoms with Crippen LogP contribution < -0.4 is 11.1 Å². The van der Waals surface area contributed by atoms with E-state index in [0.29, 0.717) is 34.3 Å². The van der Waals surface area contributed by atoms with E-state index in [9.17, 15) is 35.9 Å². The molecule has 2 amide bonds. The van der Waals surface area contributed by atoms with E-state index in [4.69, 9.17) is 5.73 Å². The highest BCUT2D eigenvalue weighted by atomic mass is 32.1. The number of benzene rings is 1. The Kier molecular flexibility index (Phi) is 6.25. The summed E-state index contributed by atoms with van der Waals surface area (Å²) in [4.78, 5) is 33.4. The number of aromatic nitrogens is 4. The first kappa shape index (κ1) is 27.6. The van der Waals surface area contributed by atoms with E-state index in [1.54, 1.807) is 31.2 Å². The minimum Gasteiger partial charge on any atom is -0.365 e. The Bertz CT molecular complexity index is 1910. The smallest absolute Gasteiger partial charge is 0.365 e. The van der Waals surface area contributed by atoms with E-state index in [-0.39, 0.29) is 49.2 Å². The molecule has 1 aliphatic rings. The van der Waals surface area contributed by atoms with Crippen LogP contribution in [0.25, 0.3) is 27.0 Å². The number of thiophene rings is 1. The van der Waals surface area contributed by atoms with Gasteiger partial charge in [0.1, 0.15) is 26.7 Å². The van der Waals surface area contributed by atoms with Crippen LogP contribution in [0.5, 0.6) is 0 Å². The van der Waals surface area contributed by atoms with Crippen molar-refractivity contribution < 1.29 is 35.9 Å². The van der Waals surface area contributed by atoms with Crippen molar-refractivity contribution in [1.29, 1.82) is 0 Å². The van der Waals surface area contributed by atoms with Gasteiger partial charge in [-0.25, -0.2) is 14.5 Å². The van der Waals surface area contributed by atoms with Gasteiger partial charge in [-0.15, -0.1) is 11.3 Å². The Labute approximate surface area is 236 Å². The topological polar surface area (TPSA) is 115 Å². The highest BCUT2D eigenvalue weighted by Gasteiger charge is 2.39. The summed E-state index contributed by atoms with van der Waals surface area (Å²) in [6, 6.07) is 8.20. The van der Waals surface area contributed by atoms with E-state index in [1.165, 1.54) is 0 Å². The predicted molar refractivity (Wildman–Crippen MR) is 141 cm³/mol. The second-order valence-electron chi connectivity index (χ2n) is 9.86. The number of carbonyl (C=O) groups is 2. The van der Waals surface area contributed by atoms with Gasteiger partial charge in [-0.05, 0) is 43.0 Å². The zero-order chi connectivity index (χ0) is 30.1. The fourth-order valence-corrected chi connectivity index (χ4v) is 5.62. The minimum atomic E-state index is -4.83. The number of pyridine rings is 1. The number of anilines is 1. The van der Waals surface area contributed by atoms with Gasteiger partial charge < -0.3 is 11.1 Å². The first-order valence-electron chi connectivity index (χ1n) is 12.4. The van der Waals surface area contributed by atoms with Crippen LogP contribution in [0.4, 0.5) is 32.0 Å². The van der Waals surface area contributed by atoms with Gasteiger partial charge in [0.2, 0.25) is 0 Å². The number of nitrogens with two attached hydrogens (primary N) is 1. The Hall–Kier alpha value is -4.53. The molecule has 1 aliphatic carbocycles. The molecule has 6 rings (SSSR count). The number of nitrogens with one attached hydrogen (secondary N) is 1. The summed E-state index contributed by atoms with van der Waals surface area (Å²) in [7, 11) is 0. The average Bonchev–Trinajstić information content (AvgIpc) is 3.57. The molecule has 0 radical (unpaired) electrons. The van der Waals surface area contributed by atoms with Crippen LogP contribution in [-0.4, -0.2) is 31.4 Å². The van der Waals surface area contributed by atoms with Crippen molar-refractivity contribution in [2.75, 3.05) is 5.32 Å². The highest BCUT2D eigenvalue weighted by molar-refractivity contribution is 7.21. The van der Waals surface area contributed by atoms with E-state index in [0.717, 1.165) is 23.9 Å². The van der Waals surface area contributed by atoms with Crippen molar-refractivity contribution in [2.45, 2.75) is 38.0 Å². The summed E-state index contributed by atoms with van der Waals surface area (Å²) < 4.78 is 83.4. The van der Waals surface area contributed by atoms with Crippen molar-refractivity contribution in [3.63, 3.8) is 0 Å². The van der Waals surface area contributed by atoms with Crippen molar-refractivity contribution in [1.82, 2.24) is 19.6 Å². The lowest BCUT2D eigenvalue weighted by Gasteiger charge is -2.13. The third kappa shape index (κ3) is 4.82. The summed E-state index contributed by atoms with van der Waals surface area (Å²) >= 11 is 0.552. The number of alkyl halides is 6. The third-order valence-electron chi connectivity index (χ3n) is 6.80. The molecule has 0 saturated heterocycles. The molecule has 42 heavy (non-hydrogen) atoms. The zero-order valence-corrected chi connectivity index (χ0v) is 22.2. The molecular formula is C27H18F6N6O2S. The molecule has 0 aliphatic heterocycles. The van der Waals surface area contributed by atoms with Gasteiger partial charge in [-0.1, -0.05) is 29.8 Å². The molecule has 5 aromatic rings. The molecule has 4 heterocycles. The van der Waals surface area contributed by atoms with Crippen LogP contribution in [0.15, 0.2) is 42.6 Å². The highest BCUT2D eigenvalue weighted by Crippen LogP contribution is 2.44. The number of hydrogen-bond donors (Lipinski definition) is 2. The summed E-state index contributed by atoms with van der Waals surface area (Å²) in [5.74, 6) is -2.23. The van der Waals surface area contributed by atoms with Crippen molar-refractivity contribution in [3.8, 4) is 11.1 Å². The first-order valence-corrected chi connectivity index (χ1v) is 13.2. The quantitative estimate of drug-likeness (QED) is 0.220. The van der Waals surface area contributed by atoms with Crippen molar-refractivity contribution in [3.05, 3.63) is 75.7 Å². The number of primary amides is 1. The fraction of sp³-hybridized carbons (Fsp3) is 0.222. The lowest BCUT2D eigenvalue weighted by Crippen LogP contribution is -2.18. The van der Waals surface area contributed by atoms with Gasteiger partial charge >= 0.3 is 12.4 Å². The van der Waals surface area contributed by atoms with E-state index >= 15 is 0 Å². The van der Waals surface area contributed by atoms with Crippen LogP contribution in [-0.2, 0) is 12.4 Å². The van der Waals surface area contributed by atoms with E-state index in [1.807, 2.05) is 0 Å². The molecule has 0 atom stereocenters. The molecular weight excluding hydrogens is 586 g/mol. The summed E-state index contributed by atoms with van der Waals surface area (Å²) in [6.07, 6.45) is -7.42. The third-order valence-corrected chi connectivity index (χ3v) is 7.90. The largest absolute Gasteiger partial charge is 0.433 e. The fourth-order valence-electron chi connectivity index (χ4n) is 4.61. The Morgan fingerprint density at radius 3 is 2.31 bits per heavy atom. The normalized spacial score (nSPS) is 14.1. The molecule has 0 spiro atoms. The number of rotatable bonds is 5. The molecule has 0 bridgehead atoms. The van der Waals surface area contributed by atoms with E-state index < -0.39 is 35.6 Å². The van der Waals surface area contributed by atoms with Crippen LogP contribution in [0.1, 0.15) is 61.4 Å². The lowest BCUT2D eigenvalue weighted by atomic mass is 10.00. The zero-order valence-electron chi connectivity index (χ0n) is 21.4. The Morgan fingerprint density at radius 2 is 1.71 bits per heavy atom. The Balaban J connectivity index is 1.54. The number of hydrogen-bond acceptors (Lipinski definition) is 6. The van der Waals surface area contributed by atoms with Gasteiger partial charge in [-0.3, -0.25) is 9.59 Å². The van der Waals surface area contributed by atoms with Gasteiger partial charge in [0, 0.05) is 17.0 Å². The summed E-state index contributed by atoms with van der Waals surface area (Å²) in [5, 5.41) is 6.23. The second kappa shape index (κ2) is 9.51. The molecule has 8 nitrogen and oxygen atoms in total.